The molecule has 0 radical (unpaired) electrons. The predicted molar refractivity (Wildman–Crippen MR) is 76.3 cm³/mol. The molecule has 2 aromatic heterocycles. The third kappa shape index (κ3) is 3.24. The van der Waals surface area contributed by atoms with Crippen LogP contribution in [-0.2, 0) is 11.3 Å². The van der Waals surface area contributed by atoms with Gasteiger partial charge in [0.2, 0.25) is 0 Å². The van der Waals surface area contributed by atoms with Crippen molar-refractivity contribution in [3.8, 4) is 0 Å². The van der Waals surface area contributed by atoms with Gasteiger partial charge >= 0.3 is 5.97 Å². The number of carbonyl (C=O) groups excluding carboxylic acids is 1. The largest absolute Gasteiger partial charge is 0.464 e. The lowest BCUT2D eigenvalue weighted by atomic mass is 10.1. The molecule has 1 N–H and O–H groups in total. The van der Waals surface area contributed by atoms with E-state index in [4.69, 9.17) is 0 Å². The fraction of sp³-hybridized carbons (Fsp3) is 0.333. The third-order valence-electron chi connectivity index (χ3n) is 3.43. The molecule has 20 heavy (non-hydrogen) atoms. The van der Waals surface area contributed by atoms with Gasteiger partial charge in [-0.05, 0) is 43.3 Å². The number of esters is 1. The number of ether oxygens (including phenoxy) is 1. The van der Waals surface area contributed by atoms with Crippen LogP contribution < -0.4 is 0 Å². The Bertz CT molecular complexity index is 566. The van der Waals surface area contributed by atoms with Crippen LogP contribution in [0.4, 0.5) is 0 Å². The number of nitrogens with one attached hydrogen (secondary N) is 1. The monoisotopic (exact) mass is 273 g/mol. The fourth-order valence-electron chi connectivity index (χ4n) is 2.08. The second kappa shape index (κ2) is 6.34. The summed E-state index contributed by atoms with van der Waals surface area (Å²) >= 11 is 0. The molecule has 0 aliphatic rings. The van der Waals surface area contributed by atoms with Crippen molar-refractivity contribution >= 4 is 5.97 Å². The summed E-state index contributed by atoms with van der Waals surface area (Å²) in [6.45, 7) is 2.89. The number of methoxy groups -OCH3 is 1. The third-order valence-corrected chi connectivity index (χ3v) is 3.43. The minimum Gasteiger partial charge on any atom is -0.464 e. The fourth-order valence-corrected chi connectivity index (χ4v) is 2.08. The average molecular weight is 273 g/mol. The van der Waals surface area contributed by atoms with Crippen LogP contribution in [-0.4, -0.2) is 35.0 Å². The highest BCUT2D eigenvalue weighted by atomic mass is 16.5. The molecule has 0 aliphatic heterocycles. The second-order valence-corrected chi connectivity index (χ2v) is 4.78. The number of aromatic amines is 1. The van der Waals surface area contributed by atoms with Crippen molar-refractivity contribution in [3.63, 3.8) is 0 Å². The number of rotatable bonds is 5. The van der Waals surface area contributed by atoms with Gasteiger partial charge in [-0.25, -0.2) is 4.79 Å². The van der Waals surface area contributed by atoms with E-state index in [0.717, 1.165) is 12.1 Å². The summed E-state index contributed by atoms with van der Waals surface area (Å²) in [7, 11) is 3.43. The molecule has 106 valence electrons. The SMILES string of the molecule is COC(=O)c1cc(CN(C)[C@H](C)c2ccncc2)c[nH]1. The molecule has 5 nitrogen and oxygen atoms in total. The van der Waals surface area contributed by atoms with Crippen LogP contribution in [0.25, 0.3) is 0 Å². The molecule has 0 saturated heterocycles. The maximum absolute atomic E-state index is 11.4. The van der Waals surface area contributed by atoms with Gasteiger partial charge < -0.3 is 9.72 Å². The van der Waals surface area contributed by atoms with Crippen LogP contribution in [0.15, 0.2) is 36.8 Å². The van der Waals surface area contributed by atoms with Gasteiger partial charge in [-0.3, -0.25) is 9.88 Å². The first kappa shape index (κ1) is 14.3. The summed E-state index contributed by atoms with van der Waals surface area (Å²) in [6, 6.07) is 6.12. The predicted octanol–water partition coefficient (Wildman–Crippen LogP) is 2.39. The summed E-state index contributed by atoms with van der Waals surface area (Å²) in [5.74, 6) is -0.346. The molecule has 2 aromatic rings. The minimum atomic E-state index is -0.346. The van der Waals surface area contributed by atoms with Crippen LogP contribution in [0.3, 0.4) is 0 Å². The van der Waals surface area contributed by atoms with Crippen LogP contribution in [0, 0.1) is 0 Å². The standard InChI is InChI=1S/C15H19N3O2/c1-11(13-4-6-16-7-5-13)18(2)10-12-8-14(17-9-12)15(19)20-3/h4-9,11,17H,10H2,1-3H3/t11-/m1/s1. The number of pyridine rings is 1. The van der Waals surface area contributed by atoms with Crippen molar-refractivity contribution in [1.29, 1.82) is 0 Å². The summed E-state index contributed by atoms with van der Waals surface area (Å²) in [5, 5.41) is 0. The van der Waals surface area contributed by atoms with Crippen LogP contribution >= 0.6 is 0 Å². The van der Waals surface area contributed by atoms with Gasteiger partial charge in [-0.2, -0.15) is 0 Å². The van der Waals surface area contributed by atoms with E-state index in [9.17, 15) is 4.79 Å². The van der Waals surface area contributed by atoms with E-state index in [1.165, 1.54) is 12.7 Å². The molecule has 0 fully saturated rings. The lowest BCUT2D eigenvalue weighted by Crippen LogP contribution is -2.21. The Morgan fingerprint density at radius 2 is 2.15 bits per heavy atom. The van der Waals surface area contributed by atoms with Crippen LogP contribution in [0.2, 0.25) is 0 Å². The molecular formula is C15H19N3O2. The van der Waals surface area contributed by atoms with E-state index >= 15 is 0 Å². The number of H-pyrrole nitrogens is 1. The molecule has 2 rings (SSSR count). The Morgan fingerprint density at radius 1 is 1.45 bits per heavy atom. The summed E-state index contributed by atoms with van der Waals surface area (Å²) in [4.78, 5) is 20.6. The number of aromatic nitrogens is 2. The Balaban J connectivity index is 2.02. The quantitative estimate of drug-likeness (QED) is 0.850. The zero-order valence-electron chi connectivity index (χ0n) is 12.0. The molecule has 5 heteroatoms. The van der Waals surface area contributed by atoms with Crippen molar-refractivity contribution in [2.24, 2.45) is 0 Å². The van der Waals surface area contributed by atoms with E-state index in [0.29, 0.717) is 5.69 Å². The van der Waals surface area contributed by atoms with Gasteiger partial charge in [-0.1, -0.05) is 0 Å². The van der Waals surface area contributed by atoms with Gasteiger partial charge in [0.15, 0.2) is 0 Å². The molecule has 0 saturated carbocycles. The number of nitrogens with zero attached hydrogens (tertiary/aromatic N) is 2. The topological polar surface area (TPSA) is 58.2 Å². The molecule has 0 aromatic carbocycles. The first-order valence-electron chi connectivity index (χ1n) is 6.47. The van der Waals surface area contributed by atoms with E-state index in [1.54, 1.807) is 12.4 Å². The zero-order chi connectivity index (χ0) is 14.5. The highest BCUT2D eigenvalue weighted by Gasteiger charge is 2.14. The van der Waals surface area contributed by atoms with Crippen molar-refractivity contribution in [1.82, 2.24) is 14.9 Å². The molecule has 0 amide bonds. The Kier molecular flexibility index (Phi) is 4.53. The van der Waals surface area contributed by atoms with Gasteiger partial charge in [0, 0.05) is 31.2 Å². The lowest BCUT2D eigenvalue weighted by Gasteiger charge is -2.24. The first-order chi connectivity index (χ1) is 9.61. The van der Waals surface area contributed by atoms with Gasteiger partial charge in [0.25, 0.3) is 0 Å². The molecular weight excluding hydrogens is 254 g/mol. The molecule has 0 bridgehead atoms. The maximum Gasteiger partial charge on any atom is 0.354 e. The first-order valence-corrected chi connectivity index (χ1v) is 6.47. The number of hydrogen-bond donors (Lipinski definition) is 1. The van der Waals surface area contributed by atoms with Crippen molar-refractivity contribution in [3.05, 3.63) is 53.6 Å². The minimum absolute atomic E-state index is 0.273. The van der Waals surface area contributed by atoms with Gasteiger partial charge in [0.05, 0.1) is 7.11 Å². The van der Waals surface area contributed by atoms with Crippen LogP contribution in [0.5, 0.6) is 0 Å². The second-order valence-electron chi connectivity index (χ2n) is 4.78. The normalized spacial score (nSPS) is 12.4. The van der Waals surface area contributed by atoms with E-state index in [-0.39, 0.29) is 12.0 Å². The summed E-state index contributed by atoms with van der Waals surface area (Å²) in [5.41, 5.74) is 2.74. The van der Waals surface area contributed by atoms with E-state index in [2.05, 4.69) is 33.6 Å². The average Bonchev–Trinajstić information content (AvgIpc) is 2.95. The molecule has 0 aliphatic carbocycles. The smallest absolute Gasteiger partial charge is 0.354 e. The number of carbonyl (C=O) groups is 1. The number of hydrogen-bond acceptors (Lipinski definition) is 4. The zero-order valence-corrected chi connectivity index (χ0v) is 12.0. The van der Waals surface area contributed by atoms with Crippen molar-refractivity contribution in [2.75, 3.05) is 14.2 Å². The maximum atomic E-state index is 11.4. The molecule has 0 spiro atoms. The van der Waals surface area contributed by atoms with Gasteiger partial charge in [0.1, 0.15) is 5.69 Å². The highest BCUT2D eigenvalue weighted by Crippen LogP contribution is 2.20. The summed E-state index contributed by atoms with van der Waals surface area (Å²) < 4.78 is 4.68. The molecule has 2 heterocycles. The Hall–Kier alpha value is -2.14. The Morgan fingerprint density at radius 3 is 2.80 bits per heavy atom. The van der Waals surface area contributed by atoms with Gasteiger partial charge in [-0.15, -0.1) is 0 Å². The van der Waals surface area contributed by atoms with Crippen molar-refractivity contribution < 1.29 is 9.53 Å². The lowest BCUT2D eigenvalue weighted by molar-refractivity contribution is 0.0595. The molecule has 1 atom stereocenters. The molecule has 0 unspecified atom stereocenters. The Labute approximate surface area is 118 Å². The van der Waals surface area contributed by atoms with Crippen molar-refractivity contribution in [2.45, 2.75) is 19.5 Å². The van der Waals surface area contributed by atoms with E-state index in [1.807, 2.05) is 24.4 Å². The summed E-state index contributed by atoms with van der Waals surface area (Å²) in [6.07, 6.45) is 5.43. The highest BCUT2D eigenvalue weighted by molar-refractivity contribution is 5.87. The van der Waals surface area contributed by atoms with E-state index < -0.39 is 0 Å². The van der Waals surface area contributed by atoms with Crippen LogP contribution in [0.1, 0.15) is 34.6 Å².